The van der Waals surface area contributed by atoms with Gasteiger partial charge in [0.25, 0.3) is 0 Å². The minimum absolute atomic E-state index is 0.0359. The molecule has 29 heavy (non-hydrogen) atoms. The summed E-state index contributed by atoms with van der Waals surface area (Å²) in [6.07, 6.45) is 3.64. The Morgan fingerprint density at radius 1 is 1.03 bits per heavy atom. The zero-order valence-corrected chi connectivity index (χ0v) is 18.1. The van der Waals surface area contributed by atoms with E-state index in [1.807, 2.05) is 61.6 Å². The number of nitrogens with zero attached hydrogens (tertiary/aromatic N) is 2. The number of hydrogen-bond donors (Lipinski definition) is 1. The average Bonchev–Trinajstić information content (AvgIpc) is 3.11. The van der Waals surface area contributed by atoms with Gasteiger partial charge in [0.05, 0.1) is 0 Å². The Balaban J connectivity index is 1.70. The van der Waals surface area contributed by atoms with Gasteiger partial charge < -0.3 is 5.32 Å². The number of carbonyl (C=O) groups is 1. The molecule has 0 fully saturated rings. The summed E-state index contributed by atoms with van der Waals surface area (Å²) in [4.78, 5) is 12.6. The maximum Gasteiger partial charge on any atom is 0.220 e. The summed E-state index contributed by atoms with van der Waals surface area (Å²) in [6.45, 7) is 2.05. The molecule has 4 nitrogen and oxygen atoms in total. The van der Waals surface area contributed by atoms with E-state index in [-0.39, 0.29) is 17.9 Å². The monoisotopic (exact) mass is 429 g/mol. The molecule has 152 valence electrons. The quantitative estimate of drug-likeness (QED) is 0.535. The van der Waals surface area contributed by atoms with Gasteiger partial charge in [-0.05, 0) is 61.2 Å². The number of hydrogen-bond acceptors (Lipinski definition) is 2. The van der Waals surface area contributed by atoms with E-state index < -0.39 is 0 Å². The third-order valence-electron chi connectivity index (χ3n) is 5.19. The standard InChI is InChI=1S/C23H25Cl2N3O/c1-16(27-23(29)12-11-21-13-14-26-28(21)2)22(18-5-9-20(25)10-6-18)15-17-3-7-19(24)8-4-17/h3-10,13-14,16,22H,11-12,15H2,1-2H3,(H,27,29). The van der Waals surface area contributed by atoms with E-state index in [2.05, 4.69) is 17.3 Å². The van der Waals surface area contributed by atoms with E-state index in [0.29, 0.717) is 22.9 Å². The van der Waals surface area contributed by atoms with Gasteiger partial charge in [-0.15, -0.1) is 0 Å². The minimum Gasteiger partial charge on any atom is -0.353 e. The minimum atomic E-state index is -0.0362. The van der Waals surface area contributed by atoms with Gasteiger partial charge in [0, 0.05) is 47.4 Å². The lowest BCUT2D eigenvalue weighted by atomic mass is 9.86. The first kappa shape index (κ1) is 21.4. The van der Waals surface area contributed by atoms with Crippen LogP contribution in [0.5, 0.6) is 0 Å². The molecule has 0 saturated heterocycles. The highest BCUT2D eigenvalue weighted by molar-refractivity contribution is 6.30. The van der Waals surface area contributed by atoms with Gasteiger partial charge in [-0.2, -0.15) is 5.10 Å². The fraction of sp³-hybridized carbons (Fsp3) is 0.304. The van der Waals surface area contributed by atoms with E-state index in [0.717, 1.165) is 17.7 Å². The number of amides is 1. The molecule has 3 aromatic rings. The largest absolute Gasteiger partial charge is 0.353 e. The Kier molecular flexibility index (Phi) is 7.34. The smallest absolute Gasteiger partial charge is 0.220 e. The van der Waals surface area contributed by atoms with Crippen molar-refractivity contribution in [2.75, 3.05) is 0 Å². The van der Waals surface area contributed by atoms with Crippen molar-refractivity contribution in [3.8, 4) is 0 Å². The van der Waals surface area contributed by atoms with Crippen molar-refractivity contribution in [3.63, 3.8) is 0 Å². The topological polar surface area (TPSA) is 46.9 Å². The second kappa shape index (κ2) is 9.95. The Morgan fingerprint density at radius 3 is 2.24 bits per heavy atom. The Hall–Kier alpha value is -2.30. The number of aryl methyl sites for hydroxylation is 2. The summed E-state index contributed by atoms with van der Waals surface area (Å²) in [5.74, 6) is 0.155. The number of halogens is 2. The molecule has 0 aliphatic rings. The molecule has 1 N–H and O–H groups in total. The van der Waals surface area contributed by atoms with Crippen molar-refractivity contribution in [1.82, 2.24) is 15.1 Å². The van der Waals surface area contributed by atoms with Crippen LogP contribution in [0.3, 0.4) is 0 Å². The maximum atomic E-state index is 12.6. The van der Waals surface area contributed by atoms with E-state index in [1.54, 1.807) is 10.9 Å². The molecule has 0 aliphatic carbocycles. The Bertz CT molecular complexity index is 936. The van der Waals surface area contributed by atoms with E-state index in [9.17, 15) is 4.79 Å². The van der Waals surface area contributed by atoms with Crippen LogP contribution >= 0.6 is 23.2 Å². The molecule has 1 aromatic heterocycles. The maximum absolute atomic E-state index is 12.6. The fourth-order valence-corrected chi connectivity index (χ4v) is 3.73. The van der Waals surface area contributed by atoms with Crippen LogP contribution in [0.4, 0.5) is 0 Å². The molecule has 2 unspecified atom stereocenters. The molecular weight excluding hydrogens is 405 g/mol. The van der Waals surface area contributed by atoms with Crippen LogP contribution in [0.1, 0.15) is 36.1 Å². The lowest BCUT2D eigenvalue weighted by Gasteiger charge is -2.26. The molecule has 0 spiro atoms. The van der Waals surface area contributed by atoms with Crippen molar-refractivity contribution in [2.45, 2.75) is 38.1 Å². The molecule has 0 bridgehead atoms. The van der Waals surface area contributed by atoms with Crippen molar-refractivity contribution >= 4 is 29.1 Å². The molecule has 6 heteroatoms. The van der Waals surface area contributed by atoms with Gasteiger partial charge >= 0.3 is 0 Å². The molecule has 1 heterocycles. The first-order chi connectivity index (χ1) is 13.9. The van der Waals surface area contributed by atoms with Crippen LogP contribution in [-0.4, -0.2) is 21.7 Å². The van der Waals surface area contributed by atoms with Gasteiger partial charge in [-0.25, -0.2) is 0 Å². The van der Waals surface area contributed by atoms with Crippen molar-refractivity contribution in [3.05, 3.63) is 87.7 Å². The summed E-state index contributed by atoms with van der Waals surface area (Å²) in [6, 6.07) is 17.6. The van der Waals surface area contributed by atoms with Gasteiger partial charge in [0.1, 0.15) is 0 Å². The van der Waals surface area contributed by atoms with Crippen molar-refractivity contribution < 1.29 is 4.79 Å². The number of aromatic nitrogens is 2. The number of nitrogens with one attached hydrogen (secondary N) is 1. The summed E-state index contributed by atoms with van der Waals surface area (Å²) in [5, 5.41) is 8.74. The van der Waals surface area contributed by atoms with E-state index in [1.165, 1.54) is 5.56 Å². The molecule has 0 aliphatic heterocycles. The van der Waals surface area contributed by atoms with Gasteiger partial charge in [0.15, 0.2) is 0 Å². The number of rotatable bonds is 8. The molecule has 1 amide bonds. The highest BCUT2D eigenvalue weighted by Gasteiger charge is 2.22. The van der Waals surface area contributed by atoms with Crippen LogP contribution in [0.25, 0.3) is 0 Å². The fourth-order valence-electron chi connectivity index (χ4n) is 3.48. The van der Waals surface area contributed by atoms with Crippen LogP contribution in [0.2, 0.25) is 10.0 Å². The second-order valence-electron chi connectivity index (χ2n) is 7.29. The van der Waals surface area contributed by atoms with Crippen molar-refractivity contribution in [1.29, 1.82) is 0 Å². The summed E-state index contributed by atoms with van der Waals surface area (Å²) in [5.41, 5.74) is 3.36. The van der Waals surface area contributed by atoms with Crippen LogP contribution in [0.15, 0.2) is 60.8 Å². The lowest BCUT2D eigenvalue weighted by Crippen LogP contribution is -2.38. The van der Waals surface area contributed by atoms with Crippen LogP contribution in [0, 0.1) is 0 Å². The second-order valence-corrected chi connectivity index (χ2v) is 8.16. The highest BCUT2D eigenvalue weighted by Crippen LogP contribution is 2.27. The number of benzene rings is 2. The average molecular weight is 430 g/mol. The van der Waals surface area contributed by atoms with Gasteiger partial charge in [-0.1, -0.05) is 47.5 Å². The van der Waals surface area contributed by atoms with Gasteiger partial charge in [-0.3, -0.25) is 9.48 Å². The molecular formula is C23H25Cl2N3O. The van der Waals surface area contributed by atoms with Crippen LogP contribution < -0.4 is 5.32 Å². The normalized spacial score (nSPS) is 13.1. The molecule has 0 radical (unpaired) electrons. The van der Waals surface area contributed by atoms with Gasteiger partial charge in [0.2, 0.25) is 5.91 Å². The third-order valence-corrected chi connectivity index (χ3v) is 5.69. The lowest BCUT2D eigenvalue weighted by molar-refractivity contribution is -0.121. The molecule has 3 rings (SSSR count). The van der Waals surface area contributed by atoms with E-state index in [4.69, 9.17) is 23.2 Å². The predicted molar refractivity (Wildman–Crippen MR) is 118 cm³/mol. The zero-order chi connectivity index (χ0) is 20.8. The first-order valence-electron chi connectivity index (χ1n) is 9.68. The first-order valence-corrected chi connectivity index (χ1v) is 10.4. The van der Waals surface area contributed by atoms with Crippen molar-refractivity contribution in [2.24, 2.45) is 7.05 Å². The summed E-state index contributed by atoms with van der Waals surface area (Å²) >= 11 is 12.1. The predicted octanol–water partition coefficient (Wildman–Crippen LogP) is 5.19. The van der Waals surface area contributed by atoms with Crippen LogP contribution in [-0.2, 0) is 24.7 Å². The Morgan fingerprint density at radius 2 is 1.66 bits per heavy atom. The molecule has 0 saturated carbocycles. The summed E-state index contributed by atoms with van der Waals surface area (Å²) < 4.78 is 1.80. The summed E-state index contributed by atoms with van der Waals surface area (Å²) in [7, 11) is 1.89. The highest BCUT2D eigenvalue weighted by atomic mass is 35.5. The zero-order valence-electron chi connectivity index (χ0n) is 16.6. The third kappa shape index (κ3) is 6.09. The SMILES string of the molecule is CC(NC(=O)CCc1ccnn1C)C(Cc1ccc(Cl)cc1)c1ccc(Cl)cc1. The molecule has 2 atom stereocenters. The molecule has 2 aromatic carbocycles. The number of carbonyl (C=O) groups excluding carboxylic acids is 1. The Labute approximate surface area is 181 Å². The van der Waals surface area contributed by atoms with E-state index >= 15 is 0 Å².